The molecule has 0 bridgehead atoms. The van der Waals surface area contributed by atoms with Crippen LogP contribution in [-0.2, 0) is 0 Å². The van der Waals surface area contributed by atoms with Gasteiger partial charge in [0.2, 0.25) is 0 Å². The van der Waals surface area contributed by atoms with Gasteiger partial charge in [0, 0.05) is 0 Å². The molecule has 2 aliphatic rings. The minimum atomic E-state index is 0.968. The summed E-state index contributed by atoms with van der Waals surface area (Å²) in [6, 6.07) is 0. The first kappa shape index (κ1) is 17.4. The first-order chi connectivity index (χ1) is 10.2. The first-order valence-corrected chi connectivity index (χ1v) is 10.2. The summed E-state index contributed by atoms with van der Waals surface area (Å²) in [5, 5.41) is 0. The van der Waals surface area contributed by atoms with Gasteiger partial charge in [-0.3, -0.25) is 0 Å². The Bertz CT molecular complexity index is 253. The van der Waals surface area contributed by atoms with Gasteiger partial charge in [-0.05, 0) is 55.3 Å². The molecule has 0 nitrogen and oxygen atoms in total. The third-order valence-electron chi connectivity index (χ3n) is 6.71. The SMILES string of the molecule is CCCC(C)CCCC1CCC(C2CCC(C)CC2)CC1. The molecule has 2 aliphatic carbocycles. The topological polar surface area (TPSA) is 0 Å². The zero-order valence-electron chi connectivity index (χ0n) is 15.1. The Morgan fingerprint density at radius 1 is 0.810 bits per heavy atom. The third kappa shape index (κ3) is 5.95. The van der Waals surface area contributed by atoms with Crippen LogP contribution >= 0.6 is 0 Å². The van der Waals surface area contributed by atoms with E-state index in [9.17, 15) is 0 Å². The van der Waals surface area contributed by atoms with E-state index in [2.05, 4.69) is 20.8 Å². The largest absolute Gasteiger partial charge is 0.0654 e. The Morgan fingerprint density at radius 2 is 1.38 bits per heavy atom. The van der Waals surface area contributed by atoms with Crippen molar-refractivity contribution in [3.8, 4) is 0 Å². The zero-order valence-corrected chi connectivity index (χ0v) is 15.1. The smallest absolute Gasteiger partial charge is 0.0386 e. The Hall–Kier alpha value is 0. The maximum atomic E-state index is 2.45. The van der Waals surface area contributed by atoms with Crippen molar-refractivity contribution < 1.29 is 0 Å². The van der Waals surface area contributed by atoms with Crippen molar-refractivity contribution >= 4 is 0 Å². The van der Waals surface area contributed by atoms with E-state index in [1.807, 2.05) is 0 Å². The second-order valence-electron chi connectivity index (χ2n) is 8.63. The summed E-state index contributed by atoms with van der Waals surface area (Å²) in [4.78, 5) is 0. The zero-order chi connectivity index (χ0) is 15.1. The van der Waals surface area contributed by atoms with Crippen LogP contribution in [0.2, 0.25) is 0 Å². The molecule has 0 aromatic rings. The van der Waals surface area contributed by atoms with Crippen LogP contribution in [0.4, 0.5) is 0 Å². The van der Waals surface area contributed by atoms with E-state index in [4.69, 9.17) is 0 Å². The van der Waals surface area contributed by atoms with Crippen molar-refractivity contribution in [3.63, 3.8) is 0 Å². The van der Waals surface area contributed by atoms with E-state index < -0.39 is 0 Å². The summed E-state index contributed by atoms with van der Waals surface area (Å²) < 4.78 is 0. The maximum Gasteiger partial charge on any atom is -0.0386 e. The van der Waals surface area contributed by atoms with Gasteiger partial charge in [-0.15, -0.1) is 0 Å². The second kappa shape index (κ2) is 9.21. The molecule has 0 heterocycles. The van der Waals surface area contributed by atoms with Crippen molar-refractivity contribution in [1.82, 2.24) is 0 Å². The lowest BCUT2D eigenvalue weighted by Crippen LogP contribution is -2.25. The van der Waals surface area contributed by atoms with Crippen LogP contribution in [0, 0.1) is 29.6 Å². The quantitative estimate of drug-likeness (QED) is 0.464. The van der Waals surface area contributed by atoms with Gasteiger partial charge in [0.25, 0.3) is 0 Å². The Morgan fingerprint density at radius 3 is 1.95 bits per heavy atom. The molecule has 124 valence electrons. The minimum Gasteiger partial charge on any atom is -0.0654 e. The van der Waals surface area contributed by atoms with Gasteiger partial charge in [0.15, 0.2) is 0 Å². The van der Waals surface area contributed by atoms with Crippen LogP contribution in [0.5, 0.6) is 0 Å². The molecular formula is C21H40. The number of hydrogen-bond acceptors (Lipinski definition) is 0. The van der Waals surface area contributed by atoms with E-state index in [0.29, 0.717) is 0 Å². The molecule has 0 spiro atoms. The van der Waals surface area contributed by atoms with Gasteiger partial charge in [0.05, 0.1) is 0 Å². The van der Waals surface area contributed by atoms with Crippen LogP contribution in [-0.4, -0.2) is 0 Å². The van der Waals surface area contributed by atoms with Crippen LogP contribution in [0.25, 0.3) is 0 Å². The summed E-state index contributed by atoms with van der Waals surface area (Å²) in [6.07, 6.45) is 19.7. The van der Waals surface area contributed by atoms with E-state index in [1.165, 1.54) is 44.9 Å². The molecule has 0 radical (unpaired) electrons. The number of rotatable bonds is 7. The third-order valence-corrected chi connectivity index (χ3v) is 6.71. The van der Waals surface area contributed by atoms with Crippen LogP contribution in [0.15, 0.2) is 0 Å². The highest BCUT2D eigenvalue weighted by Crippen LogP contribution is 2.42. The predicted molar refractivity (Wildman–Crippen MR) is 94.5 cm³/mol. The molecule has 1 atom stereocenters. The lowest BCUT2D eigenvalue weighted by atomic mass is 9.69. The average Bonchev–Trinajstić information content (AvgIpc) is 2.49. The van der Waals surface area contributed by atoms with E-state index in [0.717, 1.165) is 29.6 Å². The second-order valence-corrected chi connectivity index (χ2v) is 8.63. The molecule has 0 heteroatoms. The summed E-state index contributed by atoms with van der Waals surface area (Å²) >= 11 is 0. The van der Waals surface area contributed by atoms with Gasteiger partial charge in [0.1, 0.15) is 0 Å². The molecule has 0 amide bonds. The van der Waals surface area contributed by atoms with Crippen molar-refractivity contribution in [3.05, 3.63) is 0 Å². The molecule has 0 N–H and O–H groups in total. The van der Waals surface area contributed by atoms with Crippen molar-refractivity contribution in [2.45, 2.75) is 104 Å². The van der Waals surface area contributed by atoms with Crippen LogP contribution in [0.3, 0.4) is 0 Å². The summed E-state index contributed by atoms with van der Waals surface area (Å²) in [6.45, 7) is 7.22. The molecule has 1 unspecified atom stereocenters. The Kier molecular flexibility index (Phi) is 7.61. The lowest BCUT2D eigenvalue weighted by molar-refractivity contribution is 0.146. The van der Waals surface area contributed by atoms with Crippen LogP contribution in [0.1, 0.15) is 104 Å². The fourth-order valence-corrected chi connectivity index (χ4v) is 5.10. The average molecular weight is 293 g/mol. The molecule has 21 heavy (non-hydrogen) atoms. The highest BCUT2D eigenvalue weighted by molar-refractivity contribution is 4.81. The molecule has 0 aliphatic heterocycles. The first-order valence-electron chi connectivity index (χ1n) is 10.2. The maximum absolute atomic E-state index is 2.45. The fraction of sp³-hybridized carbons (Fsp3) is 1.00. The van der Waals surface area contributed by atoms with Crippen LogP contribution < -0.4 is 0 Å². The molecule has 0 aromatic carbocycles. The Labute approximate surface area is 134 Å². The minimum absolute atomic E-state index is 0.968. The number of hydrogen-bond donors (Lipinski definition) is 0. The summed E-state index contributed by atoms with van der Waals surface area (Å²) in [5.74, 6) is 5.27. The Balaban J connectivity index is 1.58. The fourth-order valence-electron chi connectivity index (χ4n) is 5.10. The molecule has 0 saturated heterocycles. The molecule has 2 fully saturated rings. The normalized spacial score (nSPS) is 35.6. The highest BCUT2D eigenvalue weighted by Gasteiger charge is 2.29. The van der Waals surface area contributed by atoms with Crippen molar-refractivity contribution in [2.75, 3.05) is 0 Å². The molecule has 2 saturated carbocycles. The van der Waals surface area contributed by atoms with Gasteiger partial charge in [-0.1, -0.05) is 78.6 Å². The molecule has 2 rings (SSSR count). The standard InChI is InChI=1S/C21H40/c1-4-6-17(2)7-5-8-19-11-15-21(16-12-19)20-13-9-18(3)10-14-20/h17-21H,4-16H2,1-3H3. The van der Waals surface area contributed by atoms with Gasteiger partial charge in [-0.2, -0.15) is 0 Å². The van der Waals surface area contributed by atoms with Gasteiger partial charge < -0.3 is 0 Å². The predicted octanol–water partition coefficient (Wildman–Crippen LogP) is 7.23. The lowest BCUT2D eigenvalue weighted by Gasteiger charge is -2.37. The highest BCUT2D eigenvalue weighted by atomic mass is 14.3. The van der Waals surface area contributed by atoms with E-state index >= 15 is 0 Å². The monoisotopic (exact) mass is 292 g/mol. The molecular weight excluding hydrogens is 252 g/mol. The van der Waals surface area contributed by atoms with E-state index in [1.54, 1.807) is 38.5 Å². The summed E-state index contributed by atoms with van der Waals surface area (Å²) in [5.41, 5.74) is 0. The van der Waals surface area contributed by atoms with Gasteiger partial charge >= 0.3 is 0 Å². The van der Waals surface area contributed by atoms with E-state index in [-0.39, 0.29) is 0 Å². The summed E-state index contributed by atoms with van der Waals surface area (Å²) in [7, 11) is 0. The van der Waals surface area contributed by atoms with Gasteiger partial charge in [-0.25, -0.2) is 0 Å². The molecule has 0 aromatic heterocycles. The van der Waals surface area contributed by atoms with Crippen molar-refractivity contribution in [1.29, 1.82) is 0 Å². The van der Waals surface area contributed by atoms with Crippen molar-refractivity contribution in [2.24, 2.45) is 29.6 Å².